The fourth-order valence-electron chi connectivity index (χ4n) is 1.97. The summed E-state index contributed by atoms with van der Waals surface area (Å²) in [5.74, 6) is 0.423. The molecule has 0 spiro atoms. The van der Waals surface area contributed by atoms with E-state index in [9.17, 15) is 5.11 Å². The van der Waals surface area contributed by atoms with Crippen LogP contribution in [0.15, 0.2) is 0 Å². The topological polar surface area (TPSA) is 49.7 Å². The van der Waals surface area contributed by atoms with Crippen LogP contribution >= 0.6 is 0 Å². The molecule has 72 valence electrons. The third kappa shape index (κ3) is 1.63. The maximum atomic E-state index is 9.69. The molecule has 0 saturated carbocycles. The van der Waals surface area contributed by atoms with Crippen LogP contribution in [0.25, 0.3) is 0 Å². The van der Waals surface area contributed by atoms with E-state index in [1.165, 1.54) is 0 Å². The van der Waals surface area contributed by atoms with Crippen molar-refractivity contribution < 1.29 is 14.9 Å². The van der Waals surface area contributed by atoms with Gasteiger partial charge in [0, 0.05) is 5.92 Å². The van der Waals surface area contributed by atoms with Crippen LogP contribution in [0.2, 0.25) is 0 Å². The molecule has 1 aliphatic rings. The van der Waals surface area contributed by atoms with E-state index >= 15 is 0 Å². The first-order valence-electron chi connectivity index (χ1n) is 4.52. The molecule has 0 aromatic carbocycles. The Balaban J connectivity index is 2.66. The van der Waals surface area contributed by atoms with Gasteiger partial charge in [0.15, 0.2) is 0 Å². The minimum atomic E-state index is -0.429. The molecule has 4 atom stereocenters. The first kappa shape index (κ1) is 9.96. The van der Waals surface area contributed by atoms with Crippen LogP contribution in [0, 0.1) is 11.8 Å². The molecule has 3 nitrogen and oxygen atoms in total. The molecule has 1 rings (SSSR count). The minimum Gasteiger partial charge on any atom is -0.394 e. The molecule has 1 aliphatic heterocycles. The fraction of sp³-hybridized carbons (Fsp3) is 1.00. The summed E-state index contributed by atoms with van der Waals surface area (Å²) in [6.45, 7) is 5.93. The van der Waals surface area contributed by atoms with Crippen molar-refractivity contribution in [1.82, 2.24) is 0 Å². The van der Waals surface area contributed by atoms with E-state index in [0.29, 0.717) is 5.92 Å². The standard InChI is InChI=1S/C9H18O3/c1-5(2)8-7(4-10)12-6(3)9(8)11/h5-11H,4H2,1-3H3/t6-,7+,8?,9+/m0/s1. The van der Waals surface area contributed by atoms with E-state index in [4.69, 9.17) is 9.84 Å². The molecule has 12 heavy (non-hydrogen) atoms. The summed E-state index contributed by atoms with van der Waals surface area (Å²) in [5.41, 5.74) is 0. The summed E-state index contributed by atoms with van der Waals surface area (Å²) in [5, 5.41) is 18.7. The Morgan fingerprint density at radius 1 is 1.42 bits per heavy atom. The molecule has 0 amide bonds. The average Bonchev–Trinajstić information content (AvgIpc) is 2.28. The SMILES string of the molecule is CC(C)C1[C@@H](CO)O[C@@H](C)[C@H]1O. The predicted octanol–water partition coefficient (Wildman–Crippen LogP) is 0.399. The van der Waals surface area contributed by atoms with Crippen LogP contribution in [0.1, 0.15) is 20.8 Å². The maximum absolute atomic E-state index is 9.69. The van der Waals surface area contributed by atoms with Crippen LogP contribution in [-0.2, 0) is 4.74 Å². The first-order valence-corrected chi connectivity index (χ1v) is 4.52. The molecule has 0 aliphatic carbocycles. The fourth-order valence-corrected chi connectivity index (χ4v) is 1.97. The number of hydrogen-bond acceptors (Lipinski definition) is 3. The largest absolute Gasteiger partial charge is 0.394 e. The highest BCUT2D eigenvalue weighted by Crippen LogP contribution is 2.32. The second-order valence-corrected chi connectivity index (χ2v) is 3.87. The zero-order valence-corrected chi connectivity index (χ0v) is 7.90. The summed E-state index contributed by atoms with van der Waals surface area (Å²) >= 11 is 0. The second-order valence-electron chi connectivity index (χ2n) is 3.87. The lowest BCUT2D eigenvalue weighted by molar-refractivity contribution is -0.00443. The van der Waals surface area contributed by atoms with Gasteiger partial charge in [-0.2, -0.15) is 0 Å². The molecule has 1 heterocycles. The van der Waals surface area contributed by atoms with Gasteiger partial charge in [-0.05, 0) is 12.8 Å². The number of aliphatic hydroxyl groups excluding tert-OH is 2. The smallest absolute Gasteiger partial charge is 0.0866 e. The molecule has 3 heteroatoms. The van der Waals surface area contributed by atoms with Crippen molar-refractivity contribution in [1.29, 1.82) is 0 Å². The van der Waals surface area contributed by atoms with Crippen molar-refractivity contribution in [3.8, 4) is 0 Å². The van der Waals surface area contributed by atoms with Crippen LogP contribution in [0.4, 0.5) is 0 Å². The van der Waals surface area contributed by atoms with Gasteiger partial charge in [0.25, 0.3) is 0 Å². The van der Waals surface area contributed by atoms with Crippen molar-refractivity contribution in [2.24, 2.45) is 11.8 Å². The Hall–Kier alpha value is -0.120. The lowest BCUT2D eigenvalue weighted by atomic mass is 9.86. The highest BCUT2D eigenvalue weighted by atomic mass is 16.5. The van der Waals surface area contributed by atoms with Crippen molar-refractivity contribution >= 4 is 0 Å². The summed E-state index contributed by atoms with van der Waals surface area (Å²) < 4.78 is 5.40. The Bertz CT molecular complexity index is 147. The van der Waals surface area contributed by atoms with Crippen LogP contribution in [0.3, 0.4) is 0 Å². The quantitative estimate of drug-likeness (QED) is 0.637. The summed E-state index contributed by atoms with van der Waals surface area (Å²) in [4.78, 5) is 0. The zero-order chi connectivity index (χ0) is 9.30. The van der Waals surface area contributed by atoms with Gasteiger partial charge in [0.05, 0.1) is 24.9 Å². The van der Waals surface area contributed by atoms with Crippen molar-refractivity contribution in [3.63, 3.8) is 0 Å². The lowest BCUT2D eigenvalue weighted by Crippen LogP contribution is -2.32. The third-order valence-electron chi connectivity index (χ3n) is 2.64. The van der Waals surface area contributed by atoms with Crippen molar-refractivity contribution in [2.75, 3.05) is 6.61 Å². The van der Waals surface area contributed by atoms with E-state index in [0.717, 1.165) is 0 Å². The second kappa shape index (κ2) is 3.73. The van der Waals surface area contributed by atoms with Gasteiger partial charge < -0.3 is 14.9 Å². The third-order valence-corrected chi connectivity index (χ3v) is 2.64. The van der Waals surface area contributed by atoms with Gasteiger partial charge in [0.1, 0.15) is 0 Å². The summed E-state index contributed by atoms with van der Waals surface area (Å²) in [7, 11) is 0. The maximum Gasteiger partial charge on any atom is 0.0866 e. The first-order chi connectivity index (χ1) is 5.57. The number of rotatable bonds is 2. The molecule has 2 N–H and O–H groups in total. The van der Waals surface area contributed by atoms with E-state index < -0.39 is 6.10 Å². The molecule has 0 aromatic heterocycles. The Morgan fingerprint density at radius 2 is 2.00 bits per heavy atom. The zero-order valence-electron chi connectivity index (χ0n) is 7.90. The molecule has 1 unspecified atom stereocenters. The van der Waals surface area contributed by atoms with Gasteiger partial charge in [0.2, 0.25) is 0 Å². The van der Waals surface area contributed by atoms with Gasteiger partial charge in [-0.15, -0.1) is 0 Å². The number of ether oxygens (including phenoxy) is 1. The van der Waals surface area contributed by atoms with Crippen molar-refractivity contribution in [2.45, 2.75) is 39.1 Å². The predicted molar refractivity (Wildman–Crippen MR) is 45.8 cm³/mol. The van der Waals surface area contributed by atoms with E-state index in [2.05, 4.69) is 0 Å². The molecular weight excluding hydrogens is 156 g/mol. The van der Waals surface area contributed by atoms with E-state index in [1.807, 2.05) is 20.8 Å². The summed E-state index contributed by atoms with van der Waals surface area (Å²) in [6.07, 6.45) is -0.758. The van der Waals surface area contributed by atoms with E-state index in [-0.39, 0.29) is 24.7 Å². The Labute approximate surface area is 73.4 Å². The molecule has 1 fully saturated rings. The molecule has 0 bridgehead atoms. The Kier molecular flexibility index (Phi) is 3.09. The highest BCUT2D eigenvalue weighted by molar-refractivity contribution is 4.89. The number of hydrogen-bond donors (Lipinski definition) is 2. The van der Waals surface area contributed by atoms with Crippen LogP contribution in [-0.4, -0.2) is 35.1 Å². The molecule has 0 aromatic rings. The van der Waals surface area contributed by atoms with Gasteiger partial charge >= 0.3 is 0 Å². The number of aliphatic hydroxyl groups is 2. The lowest BCUT2D eigenvalue weighted by Gasteiger charge is -2.22. The van der Waals surface area contributed by atoms with Crippen molar-refractivity contribution in [3.05, 3.63) is 0 Å². The molecule has 1 saturated heterocycles. The average molecular weight is 174 g/mol. The molecular formula is C9H18O3. The normalized spacial score (nSPS) is 42.5. The van der Waals surface area contributed by atoms with Crippen LogP contribution in [0.5, 0.6) is 0 Å². The summed E-state index contributed by atoms with van der Waals surface area (Å²) in [6, 6.07) is 0. The molecule has 0 radical (unpaired) electrons. The van der Waals surface area contributed by atoms with Gasteiger partial charge in [-0.3, -0.25) is 0 Å². The highest BCUT2D eigenvalue weighted by Gasteiger charge is 2.42. The van der Waals surface area contributed by atoms with Crippen LogP contribution < -0.4 is 0 Å². The van der Waals surface area contributed by atoms with E-state index in [1.54, 1.807) is 0 Å². The minimum absolute atomic E-state index is 0.00421. The monoisotopic (exact) mass is 174 g/mol. The van der Waals surface area contributed by atoms with Gasteiger partial charge in [-0.1, -0.05) is 13.8 Å². The van der Waals surface area contributed by atoms with Gasteiger partial charge in [-0.25, -0.2) is 0 Å². The Morgan fingerprint density at radius 3 is 2.33 bits per heavy atom.